The Morgan fingerprint density at radius 2 is 1.92 bits per heavy atom. The second-order valence-corrected chi connectivity index (χ2v) is 7.29. The highest BCUT2D eigenvalue weighted by molar-refractivity contribution is 5.85. The Labute approximate surface area is 152 Å². The number of piperidine rings is 1. The van der Waals surface area contributed by atoms with Gasteiger partial charge in [-0.25, -0.2) is 0 Å². The van der Waals surface area contributed by atoms with Gasteiger partial charge < -0.3 is 10.6 Å². The van der Waals surface area contributed by atoms with Crippen LogP contribution in [0.1, 0.15) is 50.5 Å². The smallest absolute Gasteiger partial charge is 0.226 e. The summed E-state index contributed by atoms with van der Waals surface area (Å²) in [5.74, 6) is 2.15. The highest BCUT2D eigenvalue weighted by Gasteiger charge is 2.38. The molecule has 1 saturated carbocycles. The number of rotatable bonds is 4. The molecule has 4 heteroatoms. The molecule has 24 heavy (non-hydrogen) atoms. The van der Waals surface area contributed by atoms with E-state index < -0.39 is 0 Å². The van der Waals surface area contributed by atoms with Crippen LogP contribution in [-0.2, 0) is 4.79 Å². The maximum absolute atomic E-state index is 12.9. The molecule has 1 aliphatic heterocycles. The summed E-state index contributed by atoms with van der Waals surface area (Å²) >= 11 is 0. The molecule has 1 amide bonds. The second kappa shape index (κ2) is 8.87. The molecule has 0 radical (unpaired) electrons. The average Bonchev–Trinajstić information content (AvgIpc) is 3.10. The molecular weight excluding hydrogens is 320 g/mol. The molecule has 3 nitrogen and oxygen atoms in total. The normalized spacial score (nSPS) is 30.0. The molecule has 1 heterocycles. The first kappa shape index (κ1) is 19.3. The maximum atomic E-state index is 12.9. The molecule has 0 spiro atoms. The molecule has 4 atom stereocenters. The molecule has 0 aromatic heterocycles. The van der Waals surface area contributed by atoms with Gasteiger partial charge in [-0.1, -0.05) is 50.1 Å². The van der Waals surface area contributed by atoms with Gasteiger partial charge in [-0.2, -0.15) is 0 Å². The van der Waals surface area contributed by atoms with Crippen molar-refractivity contribution < 1.29 is 4.79 Å². The van der Waals surface area contributed by atoms with Crippen LogP contribution < -0.4 is 5.73 Å². The lowest BCUT2D eigenvalue weighted by Gasteiger charge is -2.40. The third-order valence-electron chi connectivity index (χ3n) is 6.08. The van der Waals surface area contributed by atoms with E-state index in [0.29, 0.717) is 30.2 Å². The molecule has 134 valence electrons. The van der Waals surface area contributed by atoms with Gasteiger partial charge in [-0.3, -0.25) is 4.79 Å². The molecular formula is C20H31ClN2O. The van der Waals surface area contributed by atoms with E-state index in [1.807, 2.05) is 0 Å². The quantitative estimate of drug-likeness (QED) is 0.897. The van der Waals surface area contributed by atoms with Crippen LogP contribution in [0.25, 0.3) is 0 Å². The fourth-order valence-electron chi connectivity index (χ4n) is 4.66. The second-order valence-electron chi connectivity index (χ2n) is 7.29. The fraction of sp³-hybridized carbons (Fsp3) is 0.650. The van der Waals surface area contributed by atoms with Crippen molar-refractivity contribution in [3.63, 3.8) is 0 Å². The summed E-state index contributed by atoms with van der Waals surface area (Å²) in [7, 11) is 0. The first-order valence-electron chi connectivity index (χ1n) is 9.28. The highest BCUT2D eigenvalue weighted by atomic mass is 35.5. The number of hydrogen-bond acceptors (Lipinski definition) is 2. The van der Waals surface area contributed by atoms with E-state index in [9.17, 15) is 4.79 Å². The van der Waals surface area contributed by atoms with Gasteiger partial charge in [0.25, 0.3) is 0 Å². The van der Waals surface area contributed by atoms with Crippen molar-refractivity contribution in [3.05, 3.63) is 35.9 Å². The molecule has 1 aromatic rings. The number of benzene rings is 1. The van der Waals surface area contributed by atoms with Crippen molar-refractivity contribution in [2.24, 2.45) is 23.5 Å². The van der Waals surface area contributed by atoms with E-state index in [-0.39, 0.29) is 18.3 Å². The summed E-state index contributed by atoms with van der Waals surface area (Å²) in [6, 6.07) is 10.8. The monoisotopic (exact) mass is 350 g/mol. The van der Waals surface area contributed by atoms with Crippen molar-refractivity contribution in [2.75, 3.05) is 19.6 Å². The molecule has 1 saturated heterocycles. The zero-order valence-electron chi connectivity index (χ0n) is 14.7. The van der Waals surface area contributed by atoms with E-state index in [0.717, 1.165) is 45.2 Å². The number of carbonyl (C=O) groups excluding carboxylic acids is 1. The van der Waals surface area contributed by atoms with Crippen molar-refractivity contribution in [2.45, 2.75) is 44.9 Å². The van der Waals surface area contributed by atoms with E-state index >= 15 is 0 Å². The van der Waals surface area contributed by atoms with Crippen molar-refractivity contribution in [1.29, 1.82) is 0 Å². The number of amides is 1. The van der Waals surface area contributed by atoms with Crippen molar-refractivity contribution in [3.8, 4) is 0 Å². The predicted molar refractivity (Wildman–Crippen MR) is 101 cm³/mol. The third-order valence-corrected chi connectivity index (χ3v) is 6.08. The average molecular weight is 351 g/mol. The van der Waals surface area contributed by atoms with Crippen LogP contribution in [-0.4, -0.2) is 30.4 Å². The third kappa shape index (κ3) is 3.94. The topological polar surface area (TPSA) is 46.3 Å². The lowest BCUT2D eigenvalue weighted by atomic mass is 9.78. The van der Waals surface area contributed by atoms with Crippen molar-refractivity contribution >= 4 is 18.3 Å². The van der Waals surface area contributed by atoms with Crippen LogP contribution in [0.2, 0.25) is 0 Å². The number of likely N-dealkylation sites (tertiary alicyclic amines) is 1. The van der Waals surface area contributed by atoms with Gasteiger partial charge in [-0.05, 0) is 49.1 Å². The van der Waals surface area contributed by atoms with Gasteiger partial charge in [0, 0.05) is 19.0 Å². The Kier molecular flexibility index (Phi) is 7.12. The molecule has 0 bridgehead atoms. The summed E-state index contributed by atoms with van der Waals surface area (Å²) in [5, 5.41) is 0. The number of halogens is 1. The largest absolute Gasteiger partial charge is 0.342 e. The summed E-state index contributed by atoms with van der Waals surface area (Å²) in [6.07, 6.45) is 5.55. The fourth-order valence-corrected chi connectivity index (χ4v) is 4.66. The lowest BCUT2D eigenvalue weighted by molar-refractivity contribution is -0.138. The minimum absolute atomic E-state index is 0. The van der Waals surface area contributed by atoms with Crippen molar-refractivity contribution in [1.82, 2.24) is 4.90 Å². The molecule has 2 N–H and O–H groups in total. The van der Waals surface area contributed by atoms with Gasteiger partial charge in [0.05, 0.1) is 0 Å². The Morgan fingerprint density at radius 1 is 1.17 bits per heavy atom. The number of carbonyl (C=O) groups is 1. The van der Waals surface area contributed by atoms with E-state index in [4.69, 9.17) is 5.73 Å². The van der Waals surface area contributed by atoms with Crippen LogP contribution in [0.3, 0.4) is 0 Å². The van der Waals surface area contributed by atoms with Crippen LogP contribution in [0.4, 0.5) is 0 Å². The van der Waals surface area contributed by atoms with Gasteiger partial charge in [0.15, 0.2) is 0 Å². The minimum atomic E-state index is 0. The lowest BCUT2D eigenvalue weighted by Crippen LogP contribution is -2.46. The first-order chi connectivity index (χ1) is 11.2. The highest BCUT2D eigenvalue weighted by Crippen LogP contribution is 2.38. The molecule has 1 aromatic carbocycles. The molecule has 2 fully saturated rings. The Balaban J connectivity index is 0.00000208. The van der Waals surface area contributed by atoms with Gasteiger partial charge >= 0.3 is 0 Å². The van der Waals surface area contributed by atoms with E-state index in [1.54, 1.807) is 0 Å². The molecule has 1 aliphatic carbocycles. The Hall–Kier alpha value is -1.06. The Bertz CT molecular complexity index is 522. The molecule has 3 rings (SSSR count). The van der Waals surface area contributed by atoms with Crippen LogP contribution in [0.15, 0.2) is 30.3 Å². The van der Waals surface area contributed by atoms with Gasteiger partial charge in [-0.15, -0.1) is 12.4 Å². The van der Waals surface area contributed by atoms with Crippen LogP contribution in [0.5, 0.6) is 0 Å². The number of nitrogens with two attached hydrogens (primary N) is 1. The standard InChI is InChI=1S/C20H30N2O.ClH/c1-2-15-14-22(20(23)19-10-6-9-17(19)13-21)12-11-18(15)16-7-4-3-5-8-16;/h3-5,7-8,15,17-19H,2,6,9-14,21H2,1H3;1H/t15?,17-,18?,19-;/m1./s1. The van der Waals surface area contributed by atoms with Crippen LogP contribution >= 0.6 is 12.4 Å². The minimum Gasteiger partial charge on any atom is -0.342 e. The zero-order valence-corrected chi connectivity index (χ0v) is 15.5. The number of hydrogen-bond donors (Lipinski definition) is 1. The summed E-state index contributed by atoms with van der Waals surface area (Å²) < 4.78 is 0. The maximum Gasteiger partial charge on any atom is 0.226 e. The van der Waals surface area contributed by atoms with Gasteiger partial charge in [0.2, 0.25) is 5.91 Å². The van der Waals surface area contributed by atoms with Gasteiger partial charge in [0.1, 0.15) is 0 Å². The zero-order chi connectivity index (χ0) is 16.2. The summed E-state index contributed by atoms with van der Waals surface area (Å²) in [4.78, 5) is 15.1. The van der Waals surface area contributed by atoms with E-state index in [2.05, 4.69) is 42.2 Å². The molecule has 2 unspecified atom stereocenters. The summed E-state index contributed by atoms with van der Waals surface area (Å²) in [5.41, 5.74) is 7.31. The predicted octanol–water partition coefficient (Wildman–Crippen LogP) is 3.83. The first-order valence-corrected chi connectivity index (χ1v) is 9.28. The number of nitrogens with zero attached hydrogens (tertiary/aromatic N) is 1. The SMILES string of the molecule is CCC1CN(C(=O)[C@@H]2CCC[C@@H]2CN)CCC1c1ccccc1.Cl. The Morgan fingerprint density at radius 3 is 2.58 bits per heavy atom. The van der Waals surface area contributed by atoms with E-state index in [1.165, 1.54) is 5.56 Å². The van der Waals surface area contributed by atoms with Crippen LogP contribution in [0, 0.1) is 17.8 Å². The molecule has 2 aliphatic rings. The summed E-state index contributed by atoms with van der Waals surface area (Å²) in [6.45, 7) is 4.74.